The van der Waals surface area contributed by atoms with Crippen LogP contribution >= 0.6 is 0 Å². The Morgan fingerprint density at radius 3 is 2.32 bits per heavy atom. The van der Waals surface area contributed by atoms with Gasteiger partial charge in [0.25, 0.3) is 0 Å². The van der Waals surface area contributed by atoms with Crippen molar-refractivity contribution in [2.45, 2.75) is 13.8 Å². The molecule has 0 aliphatic heterocycles. The quantitative estimate of drug-likeness (QED) is 0.532. The maximum Gasteiger partial charge on any atom is 0.0167 e. The summed E-state index contributed by atoms with van der Waals surface area (Å²) in [5.74, 6) is 0.563. The van der Waals surface area contributed by atoms with Crippen molar-refractivity contribution in [3.8, 4) is 11.1 Å². The zero-order valence-electron chi connectivity index (χ0n) is 13.0. The number of hydrogen-bond acceptors (Lipinski definition) is 0. The predicted octanol–water partition coefficient (Wildman–Crippen LogP) is 6.11. The van der Waals surface area contributed by atoms with Crippen LogP contribution in [0.2, 0.25) is 0 Å². The molecule has 0 unspecified atom stereocenters. The van der Waals surface area contributed by atoms with Crippen molar-refractivity contribution in [1.29, 1.82) is 0 Å². The Bertz CT molecular complexity index is 876. The molecule has 3 aromatic rings. The highest BCUT2D eigenvalue weighted by atomic mass is 14.2. The van der Waals surface area contributed by atoms with Crippen molar-refractivity contribution < 1.29 is 0 Å². The molecule has 4 rings (SSSR count). The highest BCUT2D eigenvalue weighted by molar-refractivity contribution is 5.99. The monoisotopic (exact) mass is 283 g/mol. The molecule has 1 aliphatic rings. The summed E-state index contributed by atoms with van der Waals surface area (Å²) in [6.45, 7) is 4.51. The third kappa shape index (κ3) is 2.07. The van der Waals surface area contributed by atoms with Crippen LogP contribution in [0.3, 0.4) is 0 Å². The smallest absolute Gasteiger partial charge is 0.0167 e. The number of hydrogen-bond donors (Lipinski definition) is 0. The standard InChI is InChI=1S/C22H19/c1-15(2)18-13-17-9-6-12-21(22(17)14-18)20-11-5-8-16-7-3-4-10-19(16)20/h3-15H,1-2H3. The zero-order valence-corrected chi connectivity index (χ0v) is 13.0. The lowest BCUT2D eigenvalue weighted by Crippen LogP contribution is -1.90. The van der Waals surface area contributed by atoms with E-state index < -0.39 is 0 Å². The maximum absolute atomic E-state index is 2.36. The average Bonchev–Trinajstić information content (AvgIpc) is 2.99. The van der Waals surface area contributed by atoms with Crippen molar-refractivity contribution in [3.05, 3.63) is 83.8 Å². The molecule has 0 heteroatoms. The first-order valence-corrected chi connectivity index (χ1v) is 7.91. The summed E-state index contributed by atoms with van der Waals surface area (Å²) in [6.07, 6.45) is 4.69. The van der Waals surface area contributed by atoms with Crippen LogP contribution in [0.15, 0.2) is 66.2 Å². The molecule has 0 fully saturated rings. The second-order valence-electron chi connectivity index (χ2n) is 6.28. The molecule has 1 radical (unpaired) electrons. The van der Waals surface area contributed by atoms with Gasteiger partial charge in [-0.1, -0.05) is 86.2 Å². The Morgan fingerprint density at radius 2 is 1.45 bits per heavy atom. The van der Waals surface area contributed by atoms with E-state index in [1.807, 2.05) is 0 Å². The number of allylic oxidation sites excluding steroid dienone is 1. The maximum atomic E-state index is 2.36. The first kappa shape index (κ1) is 13.3. The molecule has 0 aromatic heterocycles. The van der Waals surface area contributed by atoms with Crippen LogP contribution in [0.25, 0.3) is 28.0 Å². The van der Waals surface area contributed by atoms with E-state index in [9.17, 15) is 0 Å². The highest BCUT2D eigenvalue weighted by Crippen LogP contribution is 2.39. The minimum absolute atomic E-state index is 0.563. The van der Waals surface area contributed by atoms with Gasteiger partial charge in [-0.25, -0.2) is 0 Å². The SMILES string of the molecule is CC(C)C1=Cc2c(cccc2-c2cccc3ccccc23)[CH]1. The molecule has 107 valence electrons. The van der Waals surface area contributed by atoms with Crippen LogP contribution in [-0.4, -0.2) is 0 Å². The molecule has 3 aromatic carbocycles. The first-order chi connectivity index (χ1) is 10.7. The van der Waals surface area contributed by atoms with Gasteiger partial charge < -0.3 is 0 Å². The molecule has 1 aliphatic carbocycles. The summed E-state index contributed by atoms with van der Waals surface area (Å²) >= 11 is 0. The molecule has 0 saturated heterocycles. The van der Waals surface area contributed by atoms with Crippen LogP contribution in [0.4, 0.5) is 0 Å². The second kappa shape index (κ2) is 5.14. The third-order valence-electron chi connectivity index (χ3n) is 4.52. The molecule has 0 heterocycles. The lowest BCUT2D eigenvalue weighted by Gasteiger charge is -2.11. The van der Waals surface area contributed by atoms with Gasteiger partial charge in [0, 0.05) is 6.42 Å². The molecule has 0 bridgehead atoms. The minimum atomic E-state index is 0.563. The number of benzene rings is 3. The van der Waals surface area contributed by atoms with Crippen molar-refractivity contribution in [2.75, 3.05) is 0 Å². The normalized spacial score (nSPS) is 13.5. The van der Waals surface area contributed by atoms with E-state index in [2.05, 4.69) is 87.0 Å². The number of rotatable bonds is 2. The fourth-order valence-electron chi connectivity index (χ4n) is 3.29. The Labute approximate surface area is 132 Å². The fraction of sp³-hybridized carbons (Fsp3) is 0.136. The van der Waals surface area contributed by atoms with Crippen molar-refractivity contribution >= 4 is 16.8 Å². The summed E-state index contributed by atoms with van der Waals surface area (Å²) in [5.41, 5.74) is 6.78. The minimum Gasteiger partial charge on any atom is -0.0616 e. The van der Waals surface area contributed by atoms with Crippen molar-refractivity contribution in [2.24, 2.45) is 5.92 Å². The Morgan fingerprint density at radius 1 is 0.727 bits per heavy atom. The molecular weight excluding hydrogens is 264 g/mol. The van der Waals surface area contributed by atoms with Gasteiger partial charge in [-0.15, -0.1) is 0 Å². The van der Waals surface area contributed by atoms with Gasteiger partial charge in [0.2, 0.25) is 0 Å². The van der Waals surface area contributed by atoms with Gasteiger partial charge in [0.1, 0.15) is 0 Å². The van der Waals surface area contributed by atoms with E-state index in [1.54, 1.807) is 0 Å². The molecule has 0 N–H and O–H groups in total. The Balaban J connectivity index is 1.96. The highest BCUT2D eigenvalue weighted by Gasteiger charge is 2.19. The molecule has 0 saturated carbocycles. The molecule has 0 nitrogen and oxygen atoms in total. The van der Waals surface area contributed by atoms with Gasteiger partial charge in [-0.3, -0.25) is 0 Å². The number of fused-ring (bicyclic) bond motifs is 2. The van der Waals surface area contributed by atoms with Gasteiger partial charge in [-0.2, -0.15) is 0 Å². The molecular formula is C22H19. The lowest BCUT2D eigenvalue weighted by molar-refractivity contribution is 0.789. The summed E-state index contributed by atoms with van der Waals surface area (Å²) in [5, 5.41) is 2.62. The van der Waals surface area contributed by atoms with Crippen LogP contribution in [0.1, 0.15) is 25.0 Å². The lowest BCUT2D eigenvalue weighted by atomic mass is 9.93. The van der Waals surface area contributed by atoms with Crippen LogP contribution in [0, 0.1) is 12.3 Å². The fourth-order valence-corrected chi connectivity index (χ4v) is 3.29. The van der Waals surface area contributed by atoms with E-state index in [4.69, 9.17) is 0 Å². The molecule has 0 amide bonds. The van der Waals surface area contributed by atoms with E-state index in [-0.39, 0.29) is 0 Å². The third-order valence-corrected chi connectivity index (χ3v) is 4.52. The zero-order chi connectivity index (χ0) is 15.1. The van der Waals surface area contributed by atoms with E-state index in [0.29, 0.717) is 5.92 Å². The Hall–Kier alpha value is -2.34. The van der Waals surface area contributed by atoms with Crippen molar-refractivity contribution in [3.63, 3.8) is 0 Å². The van der Waals surface area contributed by atoms with Crippen LogP contribution < -0.4 is 0 Å². The first-order valence-electron chi connectivity index (χ1n) is 7.91. The van der Waals surface area contributed by atoms with E-state index in [0.717, 1.165) is 0 Å². The molecule has 22 heavy (non-hydrogen) atoms. The average molecular weight is 283 g/mol. The molecule has 0 atom stereocenters. The van der Waals surface area contributed by atoms with E-state index in [1.165, 1.54) is 38.6 Å². The Kier molecular flexibility index (Phi) is 3.11. The van der Waals surface area contributed by atoms with Crippen LogP contribution in [-0.2, 0) is 0 Å². The molecule has 0 spiro atoms. The summed E-state index contributed by atoms with van der Waals surface area (Å²) in [6, 6.07) is 21.8. The van der Waals surface area contributed by atoms with Crippen molar-refractivity contribution in [1.82, 2.24) is 0 Å². The summed E-state index contributed by atoms with van der Waals surface area (Å²) < 4.78 is 0. The van der Waals surface area contributed by atoms with Gasteiger partial charge in [-0.05, 0) is 38.9 Å². The largest absolute Gasteiger partial charge is 0.0616 e. The predicted molar refractivity (Wildman–Crippen MR) is 95.6 cm³/mol. The van der Waals surface area contributed by atoms with Gasteiger partial charge in [0.15, 0.2) is 0 Å². The summed E-state index contributed by atoms with van der Waals surface area (Å²) in [7, 11) is 0. The van der Waals surface area contributed by atoms with Gasteiger partial charge in [0.05, 0.1) is 0 Å². The van der Waals surface area contributed by atoms with E-state index >= 15 is 0 Å². The summed E-state index contributed by atoms with van der Waals surface area (Å²) in [4.78, 5) is 0. The second-order valence-corrected chi connectivity index (χ2v) is 6.28. The van der Waals surface area contributed by atoms with Crippen LogP contribution in [0.5, 0.6) is 0 Å². The van der Waals surface area contributed by atoms with Gasteiger partial charge >= 0.3 is 0 Å². The topological polar surface area (TPSA) is 0 Å².